The third-order valence-electron chi connectivity index (χ3n) is 5.26. The number of methoxy groups -OCH3 is 1. The van der Waals surface area contributed by atoms with E-state index in [1.54, 1.807) is 6.07 Å². The summed E-state index contributed by atoms with van der Waals surface area (Å²) in [6.07, 6.45) is 0.259. The fourth-order valence-corrected chi connectivity index (χ4v) is 3.62. The average Bonchev–Trinajstić information content (AvgIpc) is 2.87. The summed E-state index contributed by atoms with van der Waals surface area (Å²) in [5.41, 5.74) is 1.71. The van der Waals surface area contributed by atoms with Gasteiger partial charge in [0.1, 0.15) is 18.6 Å². The third-order valence-corrected chi connectivity index (χ3v) is 5.26. The number of aliphatic hydroxyl groups is 1. The van der Waals surface area contributed by atoms with E-state index >= 15 is 0 Å². The van der Waals surface area contributed by atoms with Gasteiger partial charge >= 0.3 is 11.6 Å². The summed E-state index contributed by atoms with van der Waals surface area (Å²) in [5, 5.41) is 10.3. The summed E-state index contributed by atoms with van der Waals surface area (Å²) in [5.74, 6) is -0.439. The lowest BCUT2D eigenvalue weighted by atomic mass is 10.0. The van der Waals surface area contributed by atoms with Crippen LogP contribution in [0, 0.1) is 0 Å². The Kier molecular flexibility index (Phi) is 7.25. The van der Waals surface area contributed by atoms with Crippen LogP contribution in [0.5, 0.6) is 11.5 Å². The zero-order valence-corrected chi connectivity index (χ0v) is 18.7. The fraction of sp³-hybridized carbons (Fsp3) is 0.185. The van der Waals surface area contributed by atoms with Crippen LogP contribution in [0.15, 0.2) is 82.0 Å². The molecule has 0 aliphatic heterocycles. The van der Waals surface area contributed by atoms with E-state index in [1.807, 2.05) is 60.7 Å². The molecule has 0 atom stereocenters. The maximum absolute atomic E-state index is 13.0. The lowest BCUT2D eigenvalue weighted by Gasteiger charge is -2.19. The number of fused-ring (bicyclic) bond motifs is 1. The quantitative estimate of drug-likeness (QED) is 0.373. The van der Waals surface area contributed by atoms with Crippen LogP contribution in [-0.2, 0) is 24.4 Å². The van der Waals surface area contributed by atoms with Gasteiger partial charge in [-0.1, -0.05) is 60.7 Å². The molecule has 34 heavy (non-hydrogen) atoms. The predicted molar refractivity (Wildman–Crippen MR) is 126 cm³/mol. The van der Waals surface area contributed by atoms with Gasteiger partial charge in [0.2, 0.25) is 5.76 Å². The van der Waals surface area contributed by atoms with E-state index in [1.165, 1.54) is 13.2 Å². The first kappa shape index (κ1) is 23.1. The summed E-state index contributed by atoms with van der Waals surface area (Å²) in [4.78, 5) is 25.0. The molecule has 0 saturated heterocycles. The fourth-order valence-electron chi connectivity index (χ4n) is 3.62. The molecule has 7 nitrogen and oxygen atoms in total. The second-order valence-corrected chi connectivity index (χ2v) is 7.57. The minimum atomic E-state index is -0.765. The Hall–Kier alpha value is -4.10. The third kappa shape index (κ3) is 5.10. The van der Waals surface area contributed by atoms with E-state index in [0.717, 1.165) is 11.1 Å². The molecule has 3 aromatic carbocycles. The van der Waals surface area contributed by atoms with Crippen molar-refractivity contribution in [2.24, 2.45) is 0 Å². The van der Waals surface area contributed by atoms with Crippen LogP contribution in [-0.4, -0.2) is 24.8 Å². The van der Waals surface area contributed by atoms with Gasteiger partial charge in [0.05, 0.1) is 7.11 Å². The molecule has 1 aromatic heterocycles. The van der Waals surface area contributed by atoms with Crippen LogP contribution in [0.3, 0.4) is 0 Å². The Morgan fingerprint density at radius 3 is 2.03 bits per heavy atom. The van der Waals surface area contributed by atoms with Crippen LogP contribution in [0.25, 0.3) is 10.8 Å². The van der Waals surface area contributed by atoms with Gasteiger partial charge in [0.15, 0.2) is 11.5 Å². The Morgan fingerprint density at radius 2 is 1.47 bits per heavy atom. The lowest BCUT2D eigenvalue weighted by Crippen LogP contribution is -2.12. The van der Waals surface area contributed by atoms with Gasteiger partial charge < -0.3 is 23.7 Å². The predicted octanol–water partition coefficient (Wildman–Crippen LogP) is 4.27. The molecule has 0 fully saturated rings. The van der Waals surface area contributed by atoms with Gasteiger partial charge in [-0.2, -0.15) is 0 Å². The number of aliphatic hydroxyl groups excluding tert-OH is 1. The molecule has 4 aromatic rings. The second-order valence-electron chi connectivity index (χ2n) is 7.57. The second kappa shape index (κ2) is 10.7. The Morgan fingerprint density at radius 1 is 0.882 bits per heavy atom. The number of hydrogen-bond donors (Lipinski definition) is 1. The molecule has 0 amide bonds. The highest BCUT2D eigenvalue weighted by atomic mass is 16.5. The first-order valence-electron chi connectivity index (χ1n) is 10.8. The van der Waals surface area contributed by atoms with Gasteiger partial charge in [-0.3, -0.25) is 0 Å². The Labute approximate surface area is 196 Å². The molecule has 0 bridgehead atoms. The molecule has 1 heterocycles. The first-order chi connectivity index (χ1) is 16.6. The highest BCUT2D eigenvalue weighted by molar-refractivity contribution is 5.95. The highest BCUT2D eigenvalue weighted by Gasteiger charge is 2.22. The minimum Gasteiger partial charge on any atom is -0.485 e. The molecule has 0 spiro atoms. The molecular weight excluding hydrogens is 436 g/mol. The molecule has 4 rings (SSSR count). The maximum Gasteiger partial charge on any atom is 0.374 e. The summed E-state index contributed by atoms with van der Waals surface area (Å²) >= 11 is 0. The molecule has 0 aliphatic carbocycles. The summed E-state index contributed by atoms with van der Waals surface area (Å²) < 4.78 is 22.2. The van der Waals surface area contributed by atoms with E-state index in [2.05, 4.69) is 0 Å². The molecule has 1 N–H and O–H groups in total. The molecule has 7 heteroatoms. The molecule has 0 unspecified atom stereocenters. The zero-order valence-electron chi connectivity index (χ0n) is 18.7. The average molecular weight is 460 g/mol. The summed E-state index contributed by atoms with van der Waals surface area (Å²) in [7, 11) is 1.21. The van der Waals surface area contributed by atoms with Crippen molar-refractivity contribution < 1.29 is 28.5 Å². The van der Waals surface area contributed by atoms with Crippen LogP contribution < -0.4 is 15.1 Å². The van der Waals surface area contributed by atoms with Crippen molar-refractivity contribution in [3.05, 3.63) is 106 Å². The van der Waals surface area contributed by atoms with Crippen molar-refractivity contribution in [1.82, 2.24) is 0 Å². The van der Waals surface area contributed by atoms with Gasteiger partial charge in [-0.15, -0.1) is 0 Å². The number of ether oxygens (including phenoxy) is 3. The number of benzene rings is 3. The van der Waals surface area contributed by atoms with Gasteiger partial charge in [0, 0.05) is 12.2 Å². The number of carbonyl (C=O) groups is 1. The van der Waals surface area contributed by atoms with Crippen molar-refractivity contribution in [3.63, 3.8) is 0 Å². The normalized spacial score (nSPS) is 10.8. The van der Waals surface area contributed by atoms with Crippen LogP contribution in [0.4, 0.5) is 0 Å². The molecule has 174 valence electrons. The lowest BCUT2D eigenvalue weighted by molar-refractivity contribution is 0.0560. The van der Waals surface area contributed by atoms with E-state index in [9.17, 15) is 14.7 Å². The highest BCUT2D eigenvalue weighted by Crippen LogP contribution is 2.39. The Balaban J connectivity index is 1.85. The van der Waals surface area contributed by atoms with Crippen molar-refractivity contribution in [3.8, 4) is 11.5 Å². The first-order valence-corrected chi connectivity index (χ1v) is 10.8. The van der Waals surface area contributed by atoms with E-state index in [-0.39, 0.29) is 43.1 Å². The Bertz CT molecular complexity index is 1330. The van der Waals surface area contributed by atoms with Crippen molar-refractivity contribution in [2.75, 3.05) is 13.7 Å². The minimum absolute atomic E-state index is 0.142. The van der Waals surface area contributed by atoms with Crippen molar-refractivity contribution >= 4 is 16.7 Å². The van der Waals surface area contributed by atoms with E-state index in [4.69, 9.17) is 18.6 Å². The number of carbonyl (C=O) groups excluding carboxylic acids is 1. The number of esters is 1. The summed E-state index contributed by atoms with van der Waals surface area (Å²) in [6.45, 7) is 0.271. The number of rotatable bonds is 9. The van der Waals surface area contributed by atoms with E-state index in [0.29, 0.717) is 16.7 Å². The summed E-state index contributed by atoms with van der Waals surface area (Å²) in [6, 6.07) is 22.2. The molecule has 0 aliphatic rings. The zero-order chi connectivity index (χ0) is 23.9. The smallest absolute Gasteiger partial charge is 0.374 e. The largest absolute Gasteiger partial charge is 0.485 e. The molecular formula is C27H24O7. The van der Waals surface area contributed by atoms with Crippen molar-refractivity contribution in [2.45, 2.75) is 19.6 Å². The maximum atomic E-state index is 13.0. The van der Waals surface area contributed by atoms with Crippen LogP contribution >= 0.6 is 0 Å². The van der Waals surface area contributed by atoms with Gasteiger partial charge in [-0.25, -0.2) is 9.59 Å². The SMILES string of the molecule is COC(=O)c1cc2cc(CCO)c(OCc3ccccc3)c(OCc3ccccc3)c2c(=O)o1. The van der Waals surface area contributed by atoms with Gasteiger partial charge in [0.25, 0.3) is 0 Å². The topological polar surface area (TPSA) is 95.2 Å². The molecule has 0 radical (unpaired) electrons. The van der Waals surface area contributed by atoms with Gasteiger partial charge in [-0.05, 0) is 35.1 Å². The van der Waals surface area contributed by atoms with Crippen molar-refractivity contribution in [1.29, 1.82) is 0 Å². The van der Waals surface area contributed by atoms with Crippen LogP contribution in [0.1, 0.15) is 27.2 Å². The van der Waals surface area contributed by atoms with Crippen LogP contribution in [0.2, 0.25) is 0 Å². The molecule has 0 saturated carbocycles. The van der Waals surface area contributed by atoms with E-state index < -0.39 is 11.6 Å². The monoisotopic (exact) mass is 460 g/mol. The number of hydrogen-bond acceptors (Lipinski definition) is 7. The standard InChI is InChI=1S/C27H24O7/c1-31-26(29)22-15-21-14-20(12-13-28)24(32-16-18-8-4-2-5-9-18)25(23(21)27(30)34-22)33-17-19-10-6-3-7-11-19/h2-11,14-15,28H,12-13,16-17H2,1H3.